The van der Waals surface area contributed by atoms with Crippen molar-refractivity contribution in [3.8, 4) is 5.75 Å². The second-order valence-electron chi connectivity index (χ2n) is 11.0. The van der Waals surface area contributed by atoms with Crippen LogP contribution in [0.5, 0.6) is 5.75 Å². The maximum Gasteiger partial charge on any atom is 0.261 e. The molecule has 0 aliphatic rings. The first-order chi connectivity index (χ1) is 19.2. The Kier molecular flexibility index (Phi) is 9.64. The van der Waals surface area contributed by atoms with E-state index in [2.05, 4.69) is 75.0 Å². The quantitative estimate of drug-likeness (QED) is 0.152. The molecule has 1 heterocycles. The molecule has 0 bridgehead atoms. The molecule has 0 amide bonds. The average Bonchev–Trinajstić information content (AvgIpc) is 3.49. The van der Waals surface area contributed by atoms with Crippen LogP contribution < -0.4 is 10.4 Å². The topological polar surface area (TPSA) is 83.1 Å². The van der Waals surface area contributed by atoms with Gasteiger partial charge in [-0.2, -0.15) is 0 Å². The van der Waals surface area contributed by atoms with E-state index in [0.717, 1.165) is 5.57 Å². The number of aliphatic hydroxyl groups is 2. The molecule has 0 unspecified atom stereocenters. The Morgan fingerprint density at radius 2 is 1.45 bits per heavy atom. The number of aliphatic hydroxyl groups excluding tert-OH is 2. The van der Waals surface area contributed by atoms with Crippen molar-refractivity contribution < 1.29 is 24.2 Å². The molecule has 4 aromatic rings. The minimum Gasteiger partial charge on any atom is -0.508 e. The lowest BCUT2D eigenvalue weighted by Crippen LogP contribution is -2.66. The number of phenols is 1. The molecule has 0 aliphatic carbocycles. The molecule has 0 radical (unpaired) electrons. The summed E-state index contributed by atoms with van der Waals surface area (Å²) in [5.41, 5.74) is 4.81. The molecule has 0 fully saturated rings. The van der Waals surface area contributed by atoms with Crippen molar-refractivity contribution in [2.24, 2.45) is 0 Å². The predicted octanol–water partition coefficient (Wildman–Crippen LogP) is 6.19. The average molecular weight is 555 g/mol. The Bertz CT molecular complexity index is 1340. The van der Waals surface area contributed by atoms with Crippen molar-refractivity contribution in [3.63, 3.8) is 0 Å². The zero-order valence-corrected chi connectivity index (χ0v) is 24.3. The molecular weight excluding hydrogens is 516 g/mol. The second kappa shape index (κ2) is 13.1. The van der Waals surface area contributed by atoms with Crippen molar-refractivity contribution in [1.82, 2.24) is 0 Å². The van der Waals surface area contributed by atoms with E-state index in [9.17, 15) is 15.3 Å². The van der Waals surface area contributed by atoms with Crippen LogP contribution in [-0.4, -0.2) is 30.2 Å². The van der Waals surface area contributed by atoms with Crippen LogP contribution in [0, 0.1) is 0 Å². The highest BCUT2D eigenvalue weighted by molar-refractivity contribution is 6.99. The molecule has 0 aliphatic heterocycles. The van der Waals surface area contributed by atoms with Crippen LogP contribution in [0.25, 0.3) is 0 Å². The van der Waals surface area contributed by atoms with Crippen LogP contribution in [0.3, 0.4) is 0 Å². The molecule has 208 valence electrons. The molecular formula is C34H38O5Si. The number of rotatable bonds is 11. The normalized spacial score (nSPS) is 13.3. The van der Waals surface area contributed by atoms with Gasteiger partial charge in [-0.25, -0.2) is 0 Å². The molecule has 3 N–H and O–H groups in total. The van der Waals surface area contributed by atoms with Gasteiger partial charge in [-0.05, 0) is 56.9 Å². The van der Waals surface area contributed by atoms with Gasteiger partial charge in [-0.15, -0.1) is 5.73 Å². The van der Waals surface area contributed by atoms with Gasteiger partial charge >= 0.3 is 0 Å². The molecule has 40 heavy (non-hydrogen) atoms. The lowest BCUT2D eigenvalue weighted by atomic mass is 10.1. The van der Waals surface area contributed by atoms with Crippen molar-refractivity contribution >= 4 is 18.7 Å². The standard InChI is InChI=1S/C34H38O5Si/c1-34(2,3)40(29-13-6-4-7-14-29,30-15-8-5-9-16-30)39-25-26(24-32(37)33-18-11-23-38-33)12-10-17-31(36)27-19-21-28(35)22-20-27/h4-11,13-16,18-23,31-32,35-37H,17,24-25H2,1-3H3/t12?,31-,32-/m1/s1. The number of phenolic OH excluding ortho intramolecular Hbond substituents is 1. The third kappa shape index (κ3) is 6.91. The molecule has 1 aromatic heterocycles. The highest BCUT2D eigenvalue weighted by Crippen LogP contribution is 2.37. The SMILES string of the molecule is CC(C)(C)[Si](OCC(=C=CC[C@@H](O)c1ccc(O)cc1)C[C@@H](O)c1ccco1)(c1ccccc1)c1ccccc1. The molecule has 0 saturated heterocycles. The molecule has 6 heteroatoms. The van der Waals surface area contributed by atoms with Crippen molar-refractivity contribution in [3.05, 3.63) is 132 Å². The van der Waals surface area contributed by atoms with Crippen molar-refractivity contribution in [2.75, 3.05) is 6.61 Å². The summed E-state index contributed by atoms with van der Waals surface area (Å²) in [5.74, 6) is 0.634. The molecule has 0 spiro atoms. The fourth-order valence-corrected chi connectivity index (χ4v) is 9.62. The Morgan fingerprint density at radius 1 is 0.850 bits per heavy atom. The summed E-state index contributed by atoms with van der Waals surface area (Å²) >= 11 is 0. The van der Waals surface area contributed by atoms with E-state index in [1.54, 1.807) is 48.7 Å². The zero-order chi connectivity index (χ0) is 28.6. The molecule has 2 atom stereocenters. The van der Waals surface area contributed by atoms with Gasteiger partial charge in [0.25, 0.3) is 8.32 Å². The maximum absolute atomic E-state index is 10.9. The van der Waals surface area contributed by atoms with Crippen LogP contribution in [0.1, 0.15) is 57.1 Å². The van der Waals surface area contributed by atoms with Crippen LogP contribution in [0.15, 0.2) is 125 Å². The molecule has 0 saturated carbocycles. The lowest BCUT2D eigenvalue weighted by Gasteiger charge is -2.43. The fraction of sp³-hybridized carbons (Fsp3) is 0.265. The van der Waals surface area contributed by atoms with Gasteiger partial charge in [-0.3, -0.25) is 0 Å². The smallest absolute Gasteiger partial charge is 0.261 e. The lowest BCUT2D eigenvalue weighted by molar-refractivity contribution is 0.146. The fourth-order valence-electron chi connectivity index (χ4n) is 5.08. The number of hydrogen-bond donors (Lipinski definition) is 3. The van der Waals surface area contributed by atoms with E-state index < -0.39 is 20.5 Å². The third-order valence-electron chi connectivity index (χ3n) is 7.12. The highest BCUT2D eigenvalue weighted by atomic mass is 28.4. The van der Waals surface area contributed by atoms with E-state index >= 15 is 0 Å². The predicted molar refractivity (Wildman–Crippen MR) is 161 cm³/mol. The van der Waals surface area contributed by atoms with Crippen LogP contribution >= 0.6 is 0 Å². The van der Waals surface area contributed by atoms with E-state index in [1.165, 1.54) is 10.4 Å². The summed E-state index contributed by atoms with van der Waals surface area (Å²) in [4.78, 5) is 0. The first-order valence-corrected chi connectivity index (χ1v) is 15.5. The first kappa shape index (κ1) is 29.3. The van der Waals surface area contributed by atoms with Crippen molar-refractivity contribution in [2.45, 2.75) is 50.9 Å². The Morgan fingerprint density at radius 3 is 1.98 bits per heavy atom. The third-order valence-corrected chi connectivity index (χ3v) is 12.1. The molecule has 4 rings (SSSR count). The van der Waals surface area contributed by atoms with Gasteiger partial charge < -0.3 is 24.2 Å². The van der Waals surface area contributed by atoms with E-state index in [0.29, 0.717) is 17.7 Å². The summed E-state index contributed by atoms with van der Waals surface area (Å²) in [6, 6.07) is 30.9. The maximum atomic E-state index is 10.9. The number of benzene rings is 3. The van der Waals surface area contributed by atoms with Gasteiger partial charge in [0, 0.05) is 12.8 Å². The van der Waals surface area contributed by atoms with E-state index in [4.69, 9.17) is 8.84 Å². The second-order valence-corrected chi connectivity index (χ2v) is 15.3. The van der Waals surface area contributed by atoms with E-state index in [1.807, 2.05) is 12.1 Å². The number of aromatic hydroxyl groups is 1. The van der Waals surface area contributed by atoms with Gasteiger partial charge in [0.2, 0.25) is 0 Å². The summed E-state index contributed by atoms with van der Waals surface area (Å²) in [6.07, 6.45) is 2.33. The molecule has 5 nitrogen and oxygen atoms in total. The van der Waals surface area contributed by atoms with Crippen LogP contribution in [-0.2, 0) is 4.43 Å². The Hall–Kier alpha value is -3.64. The van der Waals surface area contributed by atoms with E-state index in [-0.39, 0.29) is 23.8 Å². The zero-order valence-electron chi connectivity index (χ0n) is 23.3. The number of hydrogen-bond acceptors (Lipinski definition) is 5. The van der Waals surface area contributed by atoms with Crippen LogP contribution in [0.2, 0.25) is 5.04 Å². The molecule has 3 aromatic carbocycles. The minimum absolute atomic E-state index is 0.154. The van der Waals surface area contributed by atoms with Gasteiger partial charge in [-0.1, -0.05) is 93.6 Å². The van der Waals surface area contributed by atoms with Gasteiger partial charge in [0.15, 0.2) is 0 Å². The van der Waals surface area contributed by atoms with Gasteiger partial charge in [0.1, 0.15) is 17.6 Å². The summed E-state index contributed by atoms with van der Waals surface area (Å²) in [5, 5.41) is 33.3. The van der Waals surface area contributed by atoms with Crippen molar-refractivity contribution in [1.29, 1.82) is 0 Å². The Balaban J connectivity index is 1.68. The summed E-state index contributed by atoms with van der Waals surface area (Å²) in [6.45, 7) is 6.94. The minimum atomic E-state index is -2.80. The van der Waals surface area contributed by atoms with Gasteiger partial charge in [0.05, 0.1) is 19.0 Å². The summed E-state index contributed by atoms with van der Waals surface area (Å²) in [7, 11) is -2.80. The monoisotopic (exact) mass is 554 g/mol. The highest BCUT2D eigenvalue weighted by Gasteiger charge is 2.50. The summed E-state index contributed by atoms with van der Waals surface area (Å²) < 4.78 is 12.5. The number of furan rings is 1. The van der Waals surface area contributed by atoms with Crippen LogP contribution in [0.4, 0.5) is 0 Å². The first-order valence-electron chi connectivity index (χ1n) is 13.6. The Labute approximate surface area is 237 Å². The largest absolute Gasteiger partial charge is 0.508 e.